The maximum atomic E-state index is 13.7. The second kappa shape index (κ2) is 11.3. The highest BCUT2D eigenvalue weighted by Gasteiger charge is 2.39. The fourth-order valence-electron chi connectivity index (χ4n) is 5.19. The number of nitrogens with zero attached hydrogens (tertiary/aromatic N) is 3. The van der Waals surface area contributed by atoms with E-state index in [4.69, 9.17) is 4.74 Å². The van der Waals surface area contributed by atoms with E-state index in [1.165, 1.54) is 10.7 Å². The van der Waals surface area contributed by atoms with Gasteiger partial charge in [0.2, 0.25) is 15.9 Å². The van der Waals surface area contributed by atoms with Gasteiger partial charge >= 0.3 is 0 Å². The van der Waals surface area contributed by atoms with E-state index in [1.807, 2.05) is 26.1 Å². The molecule has 4 rings (SSSR count). The number of likely N-dealkylation sites (N-methyl/N-ethyl adjacent to an activating group) is 1. The molecule has 0 spiro atoms. The van der Waals surface area contributed by atoms with Crippen LogP contribution in [-0.4, -0.2) is 72.5 Å². The minimum atomic E-state index is -3.92. The van der Waals surface area contributed by atoms with Crippen molar-refractivity contribution in [3.8, 4) is 16.9 Å². The molecule has 1 N–H and O–H groups in total. The van der Waals surface area contributed by atoms with Crippen LogP contribution in [0.4, 0.5) is 0 Å². The van der Waals surface area contributed by atoms with Gasteiger partial charge in [-0.25, -0.2) is 8.42 Å². The first-order valence-electron chi connectivity index (χ1n) is 12.8. The summed E-state index contributed by atoms with van der Waals surface area (Å²) in [7, 11) is -2.11. The minimum Gasteiger partial charge on any atom is -0.487 e. The molecule has 1 aromatic carbocycles. The Morgan fingerprint density at radius 3 is 2.53 bits per heavy atom. The van der Waals surface area contributed by atoms with E-state index in [1.54, 1.807) is 42.4 Å². The molecule has 2 aromatic rings. The highest BCUT2D eigenvalue weighted by Crippen LogP contribution is 2.36. The third-order valence-corrected chi connectivity index (χ3v) is 9.48. The van der Waals surface area contributed by atoms with Crippen LogP contribution in [0.3, 0.4) is 0 Å². The summed E-state index contributed by atoms with van der Waals surface area (Å²) in [6.07, 6.45) is 8.13. The molecule has 0 saturated heterocycles. The molecule has 196 valence electrons. The van der Waals surface area contributed by atoms with Crippen LogP contribution < -0.4 is 4.74 Å². The molecule has 1 saturated carbocycles. The Kier molecular flexibility index (Phi) is 8.32. The largest absolute Gasteiger partial charge is 0.487 e. The predicted molar refractivity (Wildman–Crippen MR) is 138 cm³/mol. The fourth-order valence-corrected chi connectivity index (χ4v) is 7.01. The van der Waals surface area contributed by atoms with Gasteiger partial charge < -0.3 is 14.7 Å². The molecule has 0 unspecified atom stereocenters. The standard InChI is InChI=1S/C27H37N3O5S/c1-19-16-30(20(2)18-31)36(33,34)26-10-9-23(21-11-13-28-14-12-21)15-24(26)35-25(19)17-29(3)27(32)22-7-5-4-6-8-22/h9-15,19-20,22,25,31H,4-8,16-18H2,1-3H3/t19-,20-,25-/m0/s1. The second-order valence-electron chi connectivity index (χ2n) is 10.2. The van der Waals surface area contributed by atoms with E-state index in [-0.39, 0.29) is 41.5 Å². The van der Waals surface area contributed by atoms with Gasteiger partial charge in [0, 0.05) is 43.9 Å². The zero-order valence-electron chi connectivity index (χ0n) is 21.3. The number of benzene rings is 1. The lowest BCUT2D eigenvalue weighted by Crippen LogP contribution is -2.50. The number of ether oxygens (including phenoxy) is 1. The minimum absolute atomic E-state index is 0.0458. The number of rotatable bonds is 6. The Balaban J connectivity index is 1.70. The molecular formula is C27H37N3O5S. The first-order valence-corrected chi connectivity index (χ1v) is 14.2. The van der Waals surface area contributed by atoms with Crippen LogP contribution in [0.5, 0.6) is 5.75 Å². The second-order valence-corrected chi connectivity index (χ2v) is 12.0. The molecule has 2 heterocycles. The van der Waals surface area contributed by atoms with E-state index in [9.17, 15) is 18.3 Å². The molecule has 36 heavy (non-hydrogen) atoms. The Hall–Kier alpha value is -2.49. The highest BCUT2D eigenvalue weighted by molar-refractivity contribution is 7.89. The first kappa shape index (κ1) is 26.6. The molecule has 9 heteroatoms. The molecule has 0 radical (unpaired) electrons. The maximum Gasteiger partial charge on any atom is 0.247 e. The summed E-state index contributed by atoms with van der Waals surface area (Å²) >= 11 is 0. The van der Waals surface area contributed by atoms with Gasteiger partial charge in [-0.1, -0.05) is 32.3 Å². The summed E-state index contributed by atoms with van der Waals surface area (Å²) in [4.78, 5) is 19.0. The monoisotopic (exact) mass is 515 g/mol. The number of amides is 1. The summed E-state index contributed by atoms with van der Waals surface area (Å²) in [6, 6.07) is 8.20. The van der Waals surface area contributed by atoms with Crippen molar-refractivity contribution < 1.29 is 23.1 Å². The molecule has 8 nitrogen and oxygen atoms in total. The van der Waals surface area contributed by atoms with Gasteiger partial charge in [-0.05, 0) is 55.2 Å². The molecule has 1 aliphatic carbocycles. The number of hydrogen-bond donors (Lipinski definition) is 1. The van der Waals surface area contributed by atoms with Crippen LogP contribution in [0.15, 0.2) is 47.6 Å². The van der Waals surface area contributed by atoms with Gasteiger partial charge in [-0.3, -0.25) is 9.78 Å². The molecule has 1 aliphatic heterocycles. The van der Waals surface area contributed by atoms with E-state index in [0.29, 0.717) is 6.54 Å². The topological polar surface area (TPSA) is 100 Å². The van der Waals surface area contributed by atoms with Gasteiger partial charge in [0.15, 0.2) is 0 Å². The molecular weight excluding hydrogens is 478 g/mol. The molecule has 1 amide bonds. The van der Waals surface area contributed by atoms with Crippen molar-refractivity contribution in [3.05, 3.63) is 42.7 Å². The number of aliphatic hydroxyl groups excluding tert-OH is 1. The Morgan fingerprint density at radius 2 is 1.86 bits per heavy atom. The third kappa shape index (κ3) is 5.58. The van der Waals surface area contributed by atoms with Gasteiger partial charge in [0.25, 0.3) is 0 Å². The molecule has 2 aliphatic rings. The van der Waals surface area contributed by atoms with Crippen LogP contribution in [0.1, 0.15) is 46.0 Å². The summed E-state index contributed by atoms with van der Waals surface area (Å²) in [5, 5.41) is 9.84. The van der Waals surface area contributed by atoms with Crippen molar-refractivity contribution in [1.29, 1.82) is 0 Å². The SMILES string of the molecule is C[C@H]1CN([C@@H](C)CO)S(=O)(=O)c2ccc(-c3ccncc3)cc2O[C@H]1CN(C)C(=O)C1CCCCC1. The van der Waals surface area contributed by atoms with Crippen molar-refractivity contribution in [2.24, 2.45) is 11.8 Å². The molecule has 3 atom stereocenters. The number of sulfonamides is 1. The predicted octanol–water partition coefficient (Wildman–Crippen LogP) is 3.56. The first-order chi connectivity index (χ1) is 17.2. The Morgan fingerprint density at radius 1 is 1.17 bits per heavy atom. The Bertz CT molecular complexity index is 1150. The molecule has 1 fully saturated rings. The lowest BCUT2D eigenvalue weighted by atomic mass is 9.88. The molecule has 1 aromatic heterocycles. The number of carbonyl (C=O) groups excluding carboxylic acids is 1. The number of pyridine rings is 1. The average Bonchev–Trinajstić information content (AvgIpc) is 2.90. The van der Waals surface area contributed by atoms with E-state index < -0.39 is 22.2 Å². The highest BCUT2D eigenvalue weighted by atomic mass is 32.2. The lowest BCUT2D eigenvalue weighted by Gasteiger charge is -2.38. The van der Waals surface area contributed by atoms with E-state index in [2.05, 4.69) is 4.98 Å². The van der Waals surface area contributed by atoms with Crippen molar-refractivity contribution in [3.63, 3.8) is 0 Å². The fraction of sp³-hybridized carbons (Fsp3) is 0.556. The number of fused-ring (bicyclic) bond motifs is 1. The normalized spacial score (nSPS) is 23.6. The van der Waals surface area contributed by atoms with Crippen LogP contribution in [0, 0.1) is 11.8 Å². The summed E-state index contributed by atoms with van der Waals surface area (Å²) < 4.78 is 35.2. The van der Waals surface area contributed by atoms with Crippen LogP contribution in [0.25, 0.3) is 11.1 Å². The van der Waals surface area contributed by atoms with Crippen molar-refractivity contribution in [2.45, 2.75) is 63.0 Å². The maximum absolute atomic E-state index is 13.7. The number of hydrogen-bond acceptors (Lipinski definition) is 6. The van der Waals surface area contributed by atoms with Gasteiger partial charge in [-0.2, -0.15) is 4.31 Å². The van der Waals surface area contributed by atoms with E-state index >= 15 is 0 Å². The molecule has 0 bridgehead atoms. The average molecular weight is 516 g/mol. The summed E-state index contributed by atoms with van der Waals surface area (Å²) in [6.45, 7) is 3.89. The van der Waals surface area contributed by atoms with E-state index in [0.717, 1.165) is 36.8 Å². The van der Waals surface area contributed by atoms with Gasteiger partial charge in [0.05, 0.1) is 13.2 Å². The smallest absolute Gasteiger partial charge is 0.247 e. The summed E-state index contributed by atoms with van der Waals surface area (Å²) in [5.74, 6) is 0.221. The van der Waals surface area contributed by atoms with Crippen LogP contribution in [0.2, 0.25) is 0 Å². The van der Waals surface area contributed by atoms with Crippen molar-refractivity contribution in [2.75, 3.05) is 26.7 Å². The van der Waals surface area contributed by atoms with Crippen molar-refractivity contribution >= 4 is 15.9 Å². The lowest BCUT2D eigenvalue weighted by molar-refractivity contribution is -0.136. The summed E-state index contributed by atoms with van der Waals surface area (Å²) in [5.41, 5.74) is 1.71. The number of aliphatic hydroxyl groups is 1. The third-order valence-electron chi connectivity index (χ3n) is 7.47. The van der Waals surface area contributed by atoms with Gasteiger partial charge in [-0.15, -0.1) is 0 Å². The van der Waals surface area contributed by atoms with Crippen LogP contribution in [-0.2, 0) is 14.8 Å². The van der Waals surface area contributed by atoms with Gasteiger partial charge in [0.1, 0.15) is 16.7 Å². The zero-order valence-corrected chi connectivity index (χ0v) is 22.2. The Labute approximate surface area is 214 Å². The number of carbonyl (C=O) groups is 1. The number of aromatic nitrogens is 1. The zero-order chi connectivity index (χ0) is 25.9. The van der Waals surface area contributed by atoms with Crippen molar-refractivity contribution in [1.82, 2.24) is 14.2 Å². The van der Waals surface area contributed by atoms with Crippen LogP contribution >= 0.6 is 0 Å². The quantitative estimate of drug-likeness (QED) is 0.632.